The summed E-state index contributed by atoms with van der Waals surface area (Å²) >= 11 is 0. The largest absolute Gasteiger partial charge is 0.388 e. The average molecular weight is 459 g/mol. The molecule has 0 saturated heterocycles. The smallest absolute Gasteiger partial charge is 0.192 e. The number of rotatable bonds is 10. The van der Waals surface area contributed by atoms with Crippen molar-refractivity contribution in [1.82, 2.24) is 9.38 Å². The first-order chi connectivity index (χ1) is 16.4. The van der Waals surface area contributed by atoms with Crippen LogP contribution in [0.4, 0.5) is 0 Å². The lowest BCUT2D eigenvalue weighted by atomic mass is 9.91. The fourth-order valence-electron chi connectivity index (χ4n) is 4.02. The van der Waals surface area contributed by atoms with Gasteiger partial charge in [0.15, 0.2) is 11.4 Å². The molecule has 4 aromatic rings. The summed E-state index contributed by atoms with van der Waals surface area (Å²) in [6.45, 7) is 3.02. The number of aliphatic hydroxyl groups is 2. The number of carbonyl (C=O) groups excluding carboxylic acids is 1. The van der Waals surface area contributed by atoms with Gasteiger partial charge in [0.05, 0.1) is 12.3 Å². The van der Waals surface area contributed by atoms with E-state index in [0.29, 0.717) is 11.3 Å². The number of ketones is 1. The Morgan fingerprint density at radius 2 is 1.68 bits per heavy atom. The van der Waals surface area contributed by atoms with E-state index in [2.05, 4.69) is 36.2 Å². The lowest BCUT2D eigenvalue weighted by Crippen LogP contribution is -2.46. The summed E-state index contributed by atoms with van der Waals surface area (Å²) in [5.74, 6) is -0.610. The number of nitrogens with zero attached hydrogens (tertiary/aromatic N) is 2. The van der Waals surface area contributed by atoms with E-state index in [-0.39, 0.29) is 6.61 Å². The highest BCUT2D eigenvalue weighted by Gasteiger charge is 2.43. The summed E-state index contributed by atoms with van der Waals surface area (Å²) in [6.07, 6.45) is 4.32. The maximum absolute atomic E-state index is 12.6. The van der Waals surface area contributed by atoms with E-state index in [4.69, 9.17) is 4.74 Å². The van der Waals surface area contributed by atoms with Crippen LogP contribution in [0.25, 0.3) is 16.8 Å². The molecule has 2 aromatic carbocycles. The van der Waals surface area contributed by atoms with Crippen LogP contribution in [0.1, 0.15) is 43.2 Å². The third-order valence-electron chi connectivity index (χ3n) is 6.20. The van der Waals surface area contributed by atoms with E-state index >= 15 is 0 Å². The number of carbonyl (C=O) groups is 1. The number of pyridine rings is 1. The van der Waals surface area contributed by atoms with E-state index in [1.54, 1.807) is 16.7 Å². The third kappa shape index (κ3) is 4.94. The van der Waals surface area contributed by atoms with Crippen molar-refractivity contribution in [2.24, 2.45) is 0 Å². The number of benzene rings is 2. The second-order valence-corrected chi connectivity index (χ2v) is 8.66. The summed E-state index contributed by atoms with van der Waals surface area (Å²) in [5, 5.41) is 20.6. The summed E-state index contributed by atoms with van der Waals surface area (Å²) in [7, 11) is 0. The Bertz CT molecular complexity index is 1210. The molecule has 6 nitrogen and oxygen atoms in total. The normalized spacial score (nSPS) is 14.1. The van der Waals surface area contributed by atoms with Crippen molar-refractivity contribution >= 4 is 11.4 Å². The van der Waals surface area contributed by atoms with Gasteiger partial charge in [-0.15, -0.1) is 0 Å². The fraction of sp³-hybridized carbons (Fsp3) is 0.286. The van der Waals surface area contributed by atoms with E-state index < -0.39 is 24.1 Å². The van der Waals surface area contributed by atoms with Crippen LogP contribution in [0, 0.1) is 0 Å². The topological polar surface area (TPSA) is 84.1 Å². The molecule has 6 heteroatoms. The van der Waals surface area contributed by atoms with Gasteiger partial charge in [0, 0.05) is 12.4 Å². The van der Waals surface area contributed by atoms with Gasteiger partial charge in [-0.25, -0.2) is 4.98 Å². The average Bonchev–Trinajstić information content (AvgIpc) is 3.31. The van der Waals surface area contributed by atoms with Crippen LogP contribution in [-0.2, 0) is 22.6 Å². The molecule has 4 rings (SSSR count). The molecule has 2 N–H and O–H groups in total. The van der Waals surface area contributed by atoms with Gasteiger partial charge in [-0.1, -0.05) is 67.9 Å². The second kappa shape index (κ2) is 10.3. The second-order valence-electron chi connectivity index (χ2n) is 8.66. The van der Waals surface area contributed by atoms with Crippen LogP contribution < -0.4 is 0 Å². The number of aryl methyl sites for hydroxylation is 1. The van der Waals surface area contributed by atoms with Crippen molar-refractivity contribution in [1.29, 1.82) is 0 Å². The lowest BCUT2D eigenvalue weighted by Gasteiger charge is -2.31. The van der Waals surface area contributed by atoms with Gasteiger partial charge in [0.2, 0.25) is 0 Å². The number of imidazole rings is 1. The van der Waals surface area contributed by atoms with Gasteiger partial charge in [-0.05, 0) is 47.7 Å². The quantitative estimate of drug-likeness (QED) is 0.365. The van der Waals surface area contributed by atoms with Gasteiger partial charge in [0.25, 0.3) is 0 Å². The van der Waals surface area contributed by atoms with Gasteiger partial charge >= 0.3 is 0 Å². The molecular weight excluding hydrogens is 428 g/mol. The molecule has 0 aliphatic rings. The maximum Gasteiger partial charge on any atom is 0.192 e. The molecule has 0 unspecified atom stereocenters. The first kappa shape index (κ1) is 23.8. The summed E-state index contributed by atoms with van der Waals surface area (Å²) in [5.41, 5.74) is 3.70. The zero-order chi connectivity index (χ0) is 24.1. The number of Topliss-reactive ketones (excluding diaryl/α,β-unsaturated/α-hetero) is 1. The number of aliphatic hydroxyl groups excluding tert-OH is 2. The Kier molecular flexibility index (Phi) is 7.22. The molecule has 34 heavy (non-hydrogen) atoms. The number of hydrogen-bond donors (Lipinski definition) is 2. The molecular formula is C28H30N2O4. The van der Waals surface area contributed by atoms with Crippen molar-refractivity contribution in [2.45, 2.75) is 45.0 Å². The Morgan fingerprint density at radius 1 is 1.03 bits per heavy atom. The van der Waals surface area contributed by atoms with E-state index in [9.17, 15) is 15.0 Å². The highest BCUT2D eigenvalue weighted by atomic mass is 16.5. The van der Waals surface area contributed by atoms with Crippen LogP contribution in [0.3, 0.4) is 0 Å². The molecule has 0 aliphatic heterocycles. The van der Waals surface area contributed by atoms with Crippen LogP contribution >= 0.6 is 0 Å². The van der Waals surface area contributed by atoms with E-state index in [0.717, 1.165) is 29.5 Å². The summed E-state index contributed by atoms with van der Waals surface area (Å²) < 4.78 is 7.72. The lowest BCUT2D eigenvalue weighted by molar-refractivity contribution is -0.166. The van der Waals surface area contributed by atoms with E-state index in [1.165, 1.54) is 12.5 Å². The molecule has 176 valence electrons. The minimum Gasteiger partial charge on any atom is -0.388 e. The Morgan fingerprint density at radius 3 is 2.26 bits per heavy atom. The summed E-state index contributed by atoms with van der Waals surface area (Å²) in [6, 6.07) is 22.0. The fourth-order valence-corrected chi connectivity index (χ4v) is 4.02. The van der Waals surface area contributed by atoms with Crippen molar-refractivity contribution in [2.75, 3.05) is 6.61 Å². The SMILES string of the molecule is CCCc1ccc(-c2ccc(CO[C@](C)(C(=O)CO)[C@@H](O)c3cn4ccccc4n3)cc2)cc1. The standard InChI is InChI=1S/C28H30N2O4/c1-3-6-20-8-12-22(13-9-20)23-14-10-21(11-15-23)19-34-28(2,25(32)18-31)27(33)24-17-30-16-5-4-7-26(30)29-24/h4-5,7-17,27,31,33H,3,6,18-19H2,1-2H3/t27-,28+/m0/s1. The minimum atomic E-state index is -1.65. The highest BCUT2D eigenvalue weighted by molar-refractivity contribution is 5.88. The molecule has 0 radical (unpaired) electrons. The Labute approximate surface area is 199 Å². The molecule has 0 bridgehead atoms. The van der Waals surface area contributed by atoms with Gasteiger partial charge in [-0.3, -0.25) is 4.79 Å². The predicted molar refractivity (Wildman–Crippen MR) is 131 cm³/mol. The Hall–Kier alpha value is -3.32. The van der Waals surface area contributed by atoms with Crippen molar-refractivity contribution < 1.29 is 19.7 Å². The highest BCUT2D eigenvalue weighted by Crippen LogP contribution is 2.31. The van der Waals surface area contributed by atoms with Crippen molar-refractivity contribution in [3.63, 3.8) is 0 Å². The van der Waals surface area contributed by atoms with Crippen LogP contribution in [0.2, 0.25) is 0 Å². The predicted octanol–water partition coefficient (Wildman–Crippen LogP) is 4.52. The molecule has 2 atom stereocenters. The summed E-state index contributed by atoms with van der Waals surface area (Å²) in [4.78, 5) is 17.0. The molecule has 0 fully saturated rings. The molecule has 0 aliphatic carbocycles. The zero-order valence-electron chi connectivity index (χ0n) is 19.5. The Balaban J connectivity index is 1.50. The van der Waals surface area contributed by atoms with Crippen LogP contribution in [0.15, 0.2) is 79.1 Å². The first-order valence-electron chi connectivity index (χ1n) is 11.5. The first-order valence-corrected chi connectivity index (χ1v) is 11.5. The number of fused-ring (bicyclic) bond motifs is 1. The zero-order valence-corrected chi connectivity index (χ0v) is 19.5. The van der Waals surface area contributed by atoms with Crippen molar-refractivity contribution in [3.8, 4) is 11.1 Å². The van der Waals surface area contributed by atoms with Gasteiger partial charge in [0.1, 0.15) is 18.4 Å². The molecule has 0 spiro atoms. The number of aromatic nitrogens is 2. The maximum atomic E-state index is 12.6. The molecule has 0 saturated carbocycles. The van der Waals surface area contributed by atoms with Crippen LogP contribution in [0.5, 0.6) is 0 Å². The monoisotopic (exact) mass is 458 g/mol. The number of ether oxygens (including phenoxy) is 1. The molecule has 2 heterocycles. The number of hydrogen-bond acceptors (Lipinski definition) is 5. The third-order valence-corrected chi connectivity index (χ3v) is 6.20. The molecule has 2 aromatic heterocycles. The van der Waals surface area contributed by atoms with Crippen molar-refractivity contribution in [3.05, 3.63) is 95.9 Å². The minimum absolute atomic E-state index is 0.0996. The van der Waals surface area contributed by atoms with Crippen LogP contribution in [-0.4, -0.2) is 37.6 Å². The van der Waals surface area contributed by atoms with E-state index in [1.807, 2.05) is 42.6 Å². The van der Waals surface area contributed by atoms with Gasteiger partial charge < -0.3 is 19.4 Å². The van der Waals surface area contributed by atoms with Gasteiger partial charge in [-0.2, -0.15) is 0 Å². The molecule has 0 amide bonds.